The number of aliphatic hydroxyl groups is 1. The van der Waals surface area contributed by atoms with E-state index in [2.05, 4.69) is 38.3 Å². The summed E-state index contributed by atoms with van der Waals surface area (Å²) >= 11 is 4.54. The van der Waals surface area contributed by atoms with E-state index in [9.17, 15) is 5.11 Å². The van der Waals surface area contributed by atoms with Crippen molar-refractivity contribution in [1.82, 2.24) is 4.90 Å². The number of hydrogen-bond acceptors (Lipinski definition) is 3. The maximum absolute atomic E-state index is 10.7. The first-order chi connectivity index (χ1) is 8.85. The molecule has 0 spiro atoms. The number of piperidine rings is 1. The predicted molar refractivity (Wildman–Crippen MR) is 84.8 cm³/mol. The van der Waals surface area contributed by atoms with E-state index in [4.69, 9.17) is 0 Å². The average Bonchev–Trinajstić information content (AvgIpc) is 2.34. The molecule has 2 fully saturated rings. The zero-order valence-corrected chi connectivity index (χ0v) is 13.8. The molecule has 1 aliphatic heterocycles. The average molecular weight is 285 g/mol. The van der Waals surface area contributed by atoms with Crippen molar-refractivity contribution in [3.05, 3.63) is 0 Å². The summed E-state index contributed by atoms with van der Waals surface area (Å²) < 4.78 is 0. The van der Waals surface area contributed by atoms with Gasteiger partial charge >= 0.3 is 0 Å². The standard InChI is InChI=1S/C16H31NOS/c1-15(2,3)14(12-19)11-17-9-8-16(18)7-5-4-6-13(16)10-17/h13-14,18-19H,4-12H2,1-3H3. The van der Waals surface area contributed by atoms with Gasteiger partial charge in [-0.3, -0.25) is 0 Å². The van der Waals surface area contributed by atoms with Gasteiger partial charge in [-0.2, -0.15) is 12.6 Å². The topological polar surface area (TPSA) is 23.5 Å². The molecule has 0 aromatic rings. The second-order valence-electron chi connectivity index (χ2n) is 7.80. The van der Waals surface area contributed by atoms with E-state index in [-0.39, 0.29) is 5.60 Å². The molecule has 1 saturated carbocycles. The van der Waals surface area contributed by atoms with Crippen LogP contribution in [0.4, 0.5) is 0 Å². The summed E-state index contributed by atoms with van der Waals surface area (Å²) in [5, 5.41) is 10.7. The number of fused-ring (bicyclic) bond motifs is 1. The Labute approximate surface area is 124 Å². The van der Waals surface area contributed by atoms with Crippen LogP contribution < -0.4 is 0 Å². The highest BCUT2D eigenvalue weighted by atomic mass is 32.1. The van der Waals surface area contributed by atoms with Gasteiger partial charge in [0.05, 0.1) is 5.60 Å². The Morgan fingerprint density at radius 2 is 2.05 bits per heavy atom. The van der Waals surface area contributed by atoms with E-state index in [0.717, 1.165) is 38.2 Å². The quantitative estimate of drug-likeness (QED) is 0.778. The first-order valence-corrected chi connectivity index (χ1v) is 8.54. The van der Waals surface area contributed by atoms with Gasteiger partial charge in [0.1, 0.15) is 0 Å². The van der Waals surface area contributed by atoms with Gasteiger partial charge < -0.3 is 10.0 Å². The molecule has 1 heterocycles. The summed E-state index contributed by atoms with van der Waals surface area (Å²) in [5.74, 6) is 2.09. The van der Waals surface area contributed by atoms with Crippen molar-refractivity contribution in [3.63, 3.8) is 0 Å². The Kier molecular flexibility index (Phi) is 4.90. The molecule has 19 heavy (non-hydrogen) atoms. The lowest BCUT2D eigenvalue weighted by Gasteiger charge is -2.48. The molecule has 0 radical (unpaired) electrons. The number of hydrogen-bond donors (Lipinski definition) is 2. The molecule has 0 amide bonds. The SMILES string of the molecule is CC(C)(C)C(CS)CN1CCC2(O)CCCCC2C1. The monoisotopic (exact) mass is 285 g/mol. The van der Waals surface area contributed by atoms with Crippen LogP contribution in [0.5, 0.6) is 0 Å². The number of rotatable bonds is 3. The molecule has 1 saturated heterocycles. The molecule has 0 aromatic carbocycles. The lowest BCUT2D eigenvalue weighted by atomic mass is 9.71. The highest BCUT2D eigenvalue weighted by Gasteiger charge is 2.43. The Bertz CT molecular complexity index is 302. The van der Waals surface area contributed by atoms with Crippen LogP contribution in [0, 0.1) is 17.3 Å². The van der Waals surface area contributed by atoms with Crippen LogP contribution in [-0.4, -0.2) is 41.0 Å². The zero-order chi connectivity index (χ0) is 14.1. The Morgan fingerprint density at radius 3 is 2.68 bits per heavy atom. The van der Waals surface area contributed by atoms with Gasteiger partial charge in [-0.25, -0.2) is 0 Å². The lowest BCUT2D eigenvalue weighted by Crippen LogP contribution is -2.54. The number of likely N-dealkylation sites (tertiary alicyclic amines) is 1. The third kappa shape index (κ3) is 3.68. The van der Waals surface area contributed by atoms with Gasteiger partial charge in [-0.1, -0.05) is 33.6 Å². The predicted octanol–water partition coefficient (Wildman–Crippen LogP) is 3.21. The Balaban J connectivity index is 1.93. The lowest BCUT2D eigenvalue weighted by molar-refractivity contribution is -0.0984. The van der Waals surface area contributed by atoms with E-state index in [1.54, 1.807) is 0 Å². The van der Waals surface area contributed by atoms with Gasteiger partial charge in [0.25, 0.3) is 0 Å². The molecule has 1 N–H and O–H groups in total. The van der Waals surface area contributed by atoms with Gasteiger partial charge in [0.15, 0.2) is 0 Å². The van der Waals surface area contributed by atoms with Crippen LogP contribution in [0.3, 0.4) is 0 Å². The van der Waals surface area contributed by atoms with Crippen molar-refractivity contribution in [1.29, 1.82) is 0 Å². The van der Waals surface area contributed by atoms with E-state index in [0.29, 0.717) is 17.3 Å². The third-order valence-electron chi connectivity index (χ3n) is 5.44. The second kappa shape index (κ2) is 5.95. The molecule has 3 unspecified atom stereocenters. The van der Waals surface area contributed by atoms with Crippen molar-refractivity contribution in [2.75, 3.05) is 25.4 Å². The Hall–Kier alpha value is 0.270. The molecule has 0 aromatic heterocycles. The van der Waals surface area contributed by atoms with Crippen molar-refractivity contribution < 1.29 is 5.11 Å². The minimum Gasteiger partial charge on any atom is -0.390 e. The molecule has 2 aliphatic rings. The highest BCUT2D eigenvalue weighted by Crippen LogP contribution is 2.40. The van der Waals surface area contributed by atoms with E-state index >= 15 is 0 Å². The van der Waals surface area contributed by atoms with Crippen molar-refractivity contribution in [2.24, 2.45) is 17.3 Å². The first kappa shape index (κ1) is 15.7. The van der Waals surface area contributed by atoms with Crippen LogP contribution in [0.15, 0.2) is 0 Å². The molecule has 2 nitrogen and oxygen atoms in total. The van der Waals surface area contributed by atoms with E-state index in [1.165, 1.54) is 19.3 Å². The summed E-state index contributed by atoms with van der Waals surface area (Å²) in [7, 11) is 0. The highest BCUT2D eigenvalue weighted by molar-refractivity contribution is 7.80. The fourth-order valence-electron chi connectivity index (χ4n) is 3.72. The maximum Gasteiger partial charge on any atom is 0.0700 e. The van der Waals surface area contributed by atoms with Gasteiger partial charge in [0, 0.05) is 25.6 Å². The fraction of sp³-hybridized carbons (Fsp3) is 1.00. The number of thiol groups is 1. The fourth-order valence-corrected chi connectivity index (χ4v) is 4.39. The van der Waals surface area contributed by atoms with Crippen LogP contribution in [0.25, 0.3) is 0 Å². The van der Waals surface area contributed by atoms with E-state index < -0.39 is 0 Å². The zero-order valence-electron chi connectivity index (χ0n) is 12.9. The van der Waals surface area contributed by atoms with Crippen LogP contribution in [-0.2, 0) is 0 Å². The molecule has 3 heteroatoms. The largest absolute Gasteiger partial charge is 0.390 e. The van der Waals surface area contributed by atoms with Crippen molar-refractivity contribution in [3.8, 4) is 0 Å². The molecular formula is C16H31NOS. The van der Waals surface area contributed by atoms with E-state index in [1.807, 2.05) is 0 Å². The maximum atomic E-state index is 10.7. The number of nitrogens with zero attached hydrogens (tertiary/aromatic N) is 1. The molecular weight excluding hydrogens is 254 g/mol. The van der Waals surface area contributed by atoms with Crippen LogP contribution >= 0.6 is 12.6 Å². The summed E-state index contributed by atoms with van der Waals surface area (Å²) in [6.45, 7) is 10.2. The first-order valence-electron chi connectivity index (χ1n) is 7.91. The summed E-state index contributed by atoms with van der Waals surface area (Å²) in [6, 6.07) is 0. The Morgan fingerprint density at radius 1 is 1.32 bits per heavy atom. The van der Waals surface area contributed by atoms with Crippen molar-refractivity contribution in [2.45, 2.75) is 58.5 Å². The van der Waals surface area contributed by atoms with Gasteiger partial charge in [0.2, 0.25) is 0 Å². The van der Waals surface area contributed by atoms with Gasteiger partial charge in [-0.15, -0.1) is 0 Å². The second-order valence-corrected chi connectivity index (χ2v) is 8.17. The molecule has 2 rings (SSSR count). The minimum atomic E-state index is -0.340. The van der Waals surface area contributed by atoms with Crippen molar-refractivity contribution >= 4 is 12.6 Å². The molecule has 3 atom stereocenters. The van der Waals surface area contributed by atoms with Gasteiger partial charge in [-0.05, 0) is 36.3 Å². The summed E-state index contributed by atoms with van der Waals surface area (Å²) in [5.41, 5.74) is -0.0188. The third-order valence-corrected chi connectivity index (χ3v) is 5.88. The smallest absolute Gasteiger partial charge is 0.0700 e. The van der Waals surface area contributed by atoms with Crippen LogP contribution in [0.2, 0.25) is 0 Å². The normalized spacial score (nSPS) is 34.9. The molecule has 1 aliphatic carbocycles. The summed E-state index contributed by atoms with van der Waals surface area (Å²) in [4.78, 5) is 2.58. The summed E-state index contributed by atoms with van der Waals surface area (Å²) in [6.07, 6.45) is 5.74. The van der Waals surface area contributed by atoms with Crippen LogP contribution in [0.1, 0.15) is 52.9 Å². The minimum absolute atomic E-state index is 0.321. The molecule has 0 bridgehead atoms. The molecule has 112 valence electrons.